The number of carbonyl (C=O) groups excluding carboxylic acids is 2. The second-order valence-corrected chi connectivity index (χ2v) is 7.31. The molecule has 1 N–H and O–H groups in total. The van der Waals surface area contributed by atoms with E-state index in [1.165, 1.54) is 11.8 Å². The van der Waals surface area contributed by atoms with Gasteiger partial charge in [0.25, 0.3) is 5.91 Å². The van der Waals surface area contributed by atoms with Crippen molar-refractivity contribution in [3.8, 4) is 0 Å². The molecule has 7 nitrogen and oxygen atoms in total. The van der Waals surface area contributed by atoms with Crippen molar-refractivity contribution in [2.75, 3.05) is 6.61 Å². The Labute approximate surface area is 172 Å². The van der Waals surface area contributed by atoms with Gasteiger partial charge in [-0.1, -0.05) is 47.3 Å². The fourth-order valence-corrected chi connectivity index (χ4v) is 3.47. The predicted molar refractivity (Wildman–Crippen MR) is 108 cm³/mol. The summed E-state index contributed by atoms with van der Waals surface area (Å²) in [6, 6.07) is 14.5. The number of nitrogens with zero attached hydrogens (tertiary/aromatic N) is 2. The Kier molecular flexibility index (Phi) is 7.02. The third-order valence-electron chi connectivity index (χ3n) is 4.04. The number of rotatable bonds is 8. The average molecular weight is 411 g/mol. The zero-order valence-corrected chi connectivity index (χ0v) is 16.9. The van der Waals surface area contributed by atoms with Crippen LogP contribution >= 0.6 is 11.8 Å². The Morgan fingerprint density at radius 1 is 1.21 bits per heavy atom. The van der Waals surface area contributed by atoms with Gasteiger partial charge >= 0.3 is 5.97 Å². The summed E-state index contributed by atoms with van der Waals surface area (Å²) in [5.74, 6) is 0.256. The fourth-order valence-electron chi connectivity index (χ4n) is 2.61. The smallest absolute Gasteiger partial charge is 0.341 e. The van der Waals surface area contributed by atoms with Crippen LogP contribution in [0.1, 0.15) is 40.3 Å². The summed E-state index contributed by atoms with van der Waals surface area (Å²) in [7, 11) is 0. The van der Waals surface area contributed by atoms with Gasteiger partial charge in [0.2, 0.25) is 0 Å². The fraction of sp³-hybridized carbons (Fsp3) is 0.238. The van der Waals surface area contributed by atoms with Crippen LogP contribution in [0.2, 0.25) is 0 Å². The highest BCUT2D eigenvalue weighted by molar-refractivity contribution is 7.98. The Morgan fingerprint density at radius 2 is 2.00 bits per heavy atom. The summed E-state index contributed by atoms with van der Waals surface area (Å²) in [4.78, 5) is 28.8. The number of carbonyl (C=O) groups is 2. The lowest BCUT2D eigenvalue weighted by Gasteiger charge is -2.14. The number of benzene rings is 1. The first-order valence-corrected chi connectivity index (χ1v) is 10.0. The molecule has 0 unspecified atom stereocenters. The van der Waals surface area contributed by atoms with Crippen molar-refractivity contribution in [3.05, 3.63) is 77.3 Å². The van der Waals surface area contributed by atoms with Gasteiger partial charge in [0.15, 0.2) is 6.61 Å². The van der Waals surface area contributed by atoms with E-state index in [1.54, 1.807) is 18.3 Å². The van der Waals surface area contributed by atoms with Crippen molar-refractivity contribution < 1.29 is 18.8 Å². The van der Waals surface area contributed by atoms with Gasteiger partial charge in [0.05, 0.1) is 17.3 Å². The van der Waals surface area contributed by atoms with Gasteiger partial charge in [-0.3, -0.25) is 4.79 Å². The van der Waals surface area contributed by atoms with Gasteiger partial charge in [-0.25, -0.2) is 9.78 Å². The number of nitrogens with one attached hydrogen (secondary N) is 1. The molecule has 150 valence electrons. The van der Waals surface area contributed by atoms with E-state index in [0.29, 0.717) is 16.3 Å². The van der Waals surface area contributed by atoms with Gasteiger partial charge in [-0.15, -0.1) is 0 Å². The third kappa shape index (κ3) is 5.92. The van der Waals surface area contributed by atoms with E-state index in [0.717, 1.165) is 17.0 Å². The van der Waals surface area contributed by atoms with Crippen molar-refractivity contribution >= 4 is 23.6 Å². The van der Waals surface area contributed by atoms with Gasteiger partial charge in [-0.2, -0.15) is 0 Å². The molecule has 3 aromatic rings. The molecule has 2 heterocycles. The molecule has 0 aliphatic rings. The molecule has 0 saturated heterocycles. The van der Waals surface area contributed by atoms with Gasteiger partial charge < -0.3 is 14.6 Å². The van der Waals surface area contributed by atoms with Crippen LogP contribution in [-0.2, 0) is 15.3 Å². The minimum atomic E-state index is -0.598. The zero-order valence-electron chi connectivity index (χ0n) is 16.1. The highest BCUT2D eigenvalue weighted by atomic mass is 32.2. The van der Waals surface area contributed by atoms with Gasteiger partial charge in [0, 0.05) is 18.0 Å². The normalized spacial score (nSPS) is 11.7. The summed E-state index contributed by atoms with van der Waals surface area (Å²) in [6.45, 7) is 3.32. The summed E-state index contributed by atoms with van der Waals surface area (Å²) in [6.07, 6.45) is 1.60. The molecule has 0 aliphatic heterocycles. The van der Waals surface area contributed by atoms with Crippen molar-refractivity contribution in [1.82, 2.24) is 15.5 Å². The number of amides is 1. The molecular weight excluding hydrogens is 390 g/mol. The van der Waals surface area contributed by atoms with Crippen LogP contribution < -0.4 is 5.32 Å². The highest BCUT2D eigenvalue weighted by Crippen LogP contribution is 2.24. The lowest BCUT2D eigenvalue weighted by Crippen LogP contribution is -2.31. The largest absolute Gasteiger partial charge is 0.452 e. The maximum Gasteiger partial charge on any atom is 0.341 e. The molecule has 0 spiro atoms. The lowest BCUT2D eigenvalue weighted by molar-refractivity contribution is -0.124. The Balaban J connectivity index is 1.54. The quantitative estimate of drug-likeness (QED) is 0.446. The van der Waals surface area contributed by atoms with Crippen molar-refractivity contribution in [3.63, 3.8) is 0 Å². The summed E-state index contributed by atoms with van der Waals surface area (Å²) >= 11 is 1.35. The first-order valence-electron chi connectivity index (χ1n) is 9.04. The average Bonchev–Trinajstić information content (AvgIpc) is 3.16. The predicted octanol–water partition coefficient (Wildman–Crippen LogP) is 3.70. The van der Waals surface area contributed by atoms with Gasteiger partial charge in [0.1, 0.15) is 10.8 Å². The number of ether oxygens (including phenoxy) is 1. The van der Waals surface area contributed by atoms with Crippen LogP contribution in [0.25, 0.3) is 0 Å². The lowest BCUT2D eigenvalue weighted by atomic mass is 10.1. The topological polar surface area (TPSA) is 94.3 Å². The number of aryl methyl sites for hydroxylation is 1. The standard InChI is InChI=1S/C21H21N3O4S/c1-14-11-17(24-28-14)13-29-20-18(9-6-10-22-20)21(26)27-12-19(25)23-15(2)16-7-4-3-5-8-16/h3-11,15H,12-13H2,1-2H3,(H,23,25)/t15-/m1/s1. The second-order valence-electron chi connectivity index (χ2n) is 6.35. The number of esters is 1. The molecule has 8 heteroatoms. The van der Waals surface area contributed by atoms with E-state index >= 15 is 0 Å². The summed E-state index contributed by atoms with van der Waals surface area (Å²) in [5, 5.41) is 7.25. The Bertz CT molecular complexity index is 975. The molecule has 0 radical (unpaired) electrons. The van der Waals surface area contributed by atoms with Crippen LogP contribution in [0, 0.1) is 6.92 Å². The molecule has 0 bridgehead atoms. The minimum Gasteiger partial charge on any atom is -0.452 e. The van der Waals surface area contributed by atoms with Crippen molar-refractivity contribution in [2.45, 2.75) is 30.7 Å². The molecule has 1 aromatic carbocycles. The second kappa shape index (κ2) is 9.88. The summed E-state index contributed by atoms with van der Waals surface area (Å²) in [5.41, 5.74) is 2.04. The number of hydrogen-bond donors (Lipinski definition) is 1. The number of hydrogen-bond acceptors (Lipinski definition) is 7. The van der Waals surface area contributed by atoms with E-state index in [1.807, 2.05) is 50.2 Å². The van der Waals surface area contributed by atoms with Crippen molar-refractivity contribution in [1.29, 1.82) is 0 Å². The highest BCUT2D eigenvalue weighted by Gasteiger charge is 2.17. The third-order valence-corrected chi connectivity index (χ3v) is 5.07. The maximum absolute atomic E-state index is 12.5. The molecule has 0 saturated carbocycles. The van der Waals surface area contributed by atoms with E-state index < -0.39 is 5.97 Å². The minimum absolute atomic E-state index is 0.183. The monoisotopic (exact) mass is 411 g/mol. The van der Waals surface area contributed by atoms with E-state index in [2.05, 4.69) is 15.5 Å². The zero-order chi connectivity index (χ0) is 20.6. The molecule has 0 fully saturated rings. The molecular formula is C21H21N3O4S. The Hall–Kier alpha value is -3.13. The number of pyridine rings is 1. The molecule has 0 aliphatic carbocycles. The van der Waals surface area contributed by atoms with E-state index in [4.69, 9.17) is 9.26 Å². The van der Waals surface area contributed by atoms with Crippen LogP contribution in [0.3, 0.4) is 0 Å². The number of aromatic nitrogens is 2. The maximum atomic E-state index is 12.5. The van der Waals surface area contributed by atoms with E-state index in [-0.39, 0.29) is 18.6 Å². The SMILES string of the molecule is Cc1cc(CSc2ncccc2C(=O)OCC(=O)N[C@H](C)c2ccccc2)no1. The molecule has 1 amide bonds. The van der Waals surface area contributed by atoms with Crippen LogP contribution in [-0.4, -0.2) is 28.6 Å². The van der Waals surface area contributed by atoms with Crippen molar-refractivity contribution in [2.24, 2.45) is 0 Å². The van der Waals surface area contributed by atoms with Crippen LogP contribution in [0.4, 0.5) is 0 Å². The molecule has 2 aromatic heterocycles. The summed E-state index contributed by atoms with van der Waals surface area (Å²) < 4.78 is 10.2. The Morgan fingerprint density at radius 3 is 2.72 bits per heavy atom. The first-order chi connectivity index (χ1) is 14.0. The van der Waals surface area contributed by atoms with Crippen LogP contribution in [0.5, 0.6) is 0 Å². The van der Waals surface area contributed by atoms with Crippen LogP contribution in [0.15, 0.2) is 64.3 Å². The van der Waals surface area contributed by atoms with Gasteiger partial charge in [-0.05, 0) is 31.5 Å². The van der Waals surface area contributed by atoms with E-state index in [9.17, 15) is 9.59 Å². The molecule has 1 atom stereocenters. The molecule has 29 heavy (non-hydrogen) atoms. The number of thioether (sulfide) groups is 1. The first kappa shape index (κ1) is 20.6. The molecule has 3 rings (SSSR count).